The second-order valence-electron chi connectivity index (χ2n) is 6.91. The van der Waals surface area contributed by atoms with E-state index < -0.39 is 35.9 Å². The van der Waals surface area contributed by atoms with Crippen molar-refractivity contribution < 1.29 is 19.5 Å². The summed E-state index contributed by atoms with van der Waals surface area (Å²) in [5.74, 6) is -2.34. The van der Waals surface area contributed by atoms with E-state index in [2.05, 4.69) is 30.6 Å². The molecule has 0 aromatic carbocycles. The van der Waals surface area contributed by atoms with Gasteiger partial charge in [0, 0.05) is 36.6 Å². The van der Waals surface area contributed by atoms with Crippen molar-refractivity contribution in [3.8, 4) is 0 Å². The molecule has 0 fully saturated rings. The van der Waals surface area contributed by atoms with Crippen LogP contribution in [0.2, 0.25) is 0 Å². The van der Waals surface area contributed by atoms with Gasteiger partial charge in [0.1, 0.15) is 12.1 Å². The van der Waals surface area contributed by atoms with Gasteiger partial charge in [-0.3, -0.25) is 9.59 Å². The minimum Gasteiger partial charge on any atom is -0.480 e. The number of hydrogen-bond acceptors (Lipinski definition) is 7. The summed E-state index contributed by atoms with van der Waals surface area (Å²) in [6.07, 6.45) is 7.85. The van der Waals surface area contributed by atoms with Crippen molar-refractivity contribution in [3.05, 3.63) is 36.4 Å². The Morgan fingerprint density at radius 3 is 2.03 bits per heavy atom. The molecule has 0 aliphatic rings. The third-order valence-corrected chi connectivity index (χ3v) is 4.51. The standard InChI is InChI=1S/C18H28N8O4/c19-4-2-1-3-13(20)16(27)25-14(5-11-7-21-9-23-11)17(28)26-15(18(29)30)6-12-8-22-10-24-12/h7-10,13-15H,1-6,19-20H2,(H,21,23)(H,22,24)(H,25,27)(H,26,28)(H,29,30). The Morgan fingerprint density at radius 2 is 1.53 bits per heavy atom. The molecular formula is C18H28N8O4. The molecule has 3 unspecified atom stereocenters. The van der Waals surface area contributed by atoms with Crippen LogP contribution >= 0.6 is 0 Å². The molecule has 0 bridgehead atoms. The number of imidazole rings is 2. The molecule has 2 rings (SSSR count). The fourth-order valence-electron chi connectivity index (χ4n) is 2.83. The Morgan fingerprint density at radius 1 is 0.967 bits per heavy atom. The molecule has 0 aliphatic heterocycles. The number of nitrogens with zero attached hydrogens (tertiary/aromatic N) is 2. The highest BCUT2D eigenvalue weighted by molar-refractivity contribution is 5.92. The summed E-state index contributed by atoms with van der Waals surface area (Å²) in [5.41, 5.74) is 12.5. The summed E-state index contributed by atoms with van der Waals surface area (Å²) in [7, 11) is 0. The van der Waals surface area contributed by atoms with E-state index in [1.807, 2.05) is 0 Å². The highest BCUT2D eigenvalue weighted by Gasteiger charge is 2.28. The van der Waals surface area contributed by atoms with E-state index >= 15 is 0 Å². The number of nitrogens with two attached hydrogens (primary N) is 2. The average Bonchev–Trinajstić information content (AvgIpc) is 3.40. The predicted octanol–water partition coefficient (Wildman–Crippen LogP) is -1.57. The third kappa shape index (κ3) is 7.29. The zero-order chi connectivity index (χ0) is 21.9. The number of carboxylic acids is 1. The van der Waals surface area contributed by atoms with E-state index in [4.69, 9.17) is 11.5 Å². The van der Waals surface area contributed by atoms with Gasteiger partial charge >= 0.3 is 5.97 Å². The second kappa shape index (κ2) is 11.7. The SMILES string of the molecule is NCCCCC(N)C(=O)NC(Cc1cnc[nH]1)C(=O)NC(Cc1cnc[nH]1)C(=O)O. The zero-order valence-corrected chi connectivity index (χ0v) is 16.5. The van der Waals surface area contributed by atoms with Crippen LogP contribution in [-0.2, 0) is 27.2 Å². The van der Waals surface area contributed by atoms with Gasteiger partial charge in [0.15, 0.2) is 0 Å². The van der Waals surface area contributed by atoms with Gasteiger partial charge in [0.2, 0.25) is 11.8 Å². The lowest BCUT2D eigenvalue weighted by atomic mass is 10.1. The fraction of sp³-hybridized carbons (Fsp3) is 0.500. The monoisotopic (exact) mass is 420 g/mol. The number of carboxylic acid groups (broad SMARTS) is 1. The van der Waals surface area contributed by atoms with Crippen LogP contribution in [0.5, 0.6) is 0 Å². The lowest BCUT2D eigenvalue weighted by Crippen LogP contribution is -2.55. The first-order chi connectivity index (χ1) is 14.4. The van der Waals surface area contributed by atoms with Gasteiger partial charge in [-0.1, -0.05) is 6.42 Å². The number of amides is 2. The van der Waals surface area contributed by atoms with Crippen LogP contribution in [0.25, 0.3) is 0 Å². The molecule has 9 N–H and O–H groups in total. The summed E-state index contributed by atoms with van der Waals surface area (Å²) in [4.78, 5) is 50.3. The third-order valence-electron chi connectivity index (χ3n) is 4.51. The number of carbonyl (C=O) groups excluding carboxylic acids is 2. The number of rotatable bonds is 13. The molecule has 2 amide bonds. The van der Waals surface area contributed by atoms with Crippen molar-refractivity contribution in [3.63, 3.8) is 0 Å². The maximum Gasteiger partial charge on any atom is 0.326 e. The summed E-state index contributed by atoms with van der Waals surface area (Å²) in [6.45, 7) is 0.506. The van der Waals surface area contributed by atoms with Crippen molar-refractivity contribution in [2.75, 3.05) is 6.54 Å². The number of aromatic amines is 2. The molecule has 0 saturated carbocycles. The first kappa shape index (κ1) is 23.0. The number of hydrogen-bond donors (Lipinski definition) is 7. The average molecular weight is 420 g/mol. The van der Waals surface area contributed by atoms with Gasteiger partial charge < -0.3 is 37.2 Å². The second-order valence-corrected chi connectivity index (χ2v) is 6.91. The van der Waals surface area contributed by atoms with Gasteiger partial charge in [-0.05, 0) is 19.4 Å². The zero-order valence-electron chi connectivity index (χ0n) is 16.5. The van der Waals surface area contributed by atoms with Gasteiger partial charge in [-0.2, -0.15) is 0 Å². The minimum atomic E-state index is -1.21. The number of aliphatic carboxylic acids is 1. The molecule has 12 heteroatoms. The summed E-state index contributed by atoms with van der Waals surface area (Å²) >= 11 is 0. The molecule has 30 heavy (non-hydrogen) atoms. The lowest BCUT2D eigenvalue weighted by molar-refractivity contribution is -0.142. The van der Waals surface area contributed by atoms with Crippen molar-refractivity contribution in [1.82, 2.24) is 30.6 Å². The van der Waals surface area contributed by atoms with E-state index in [-0.39, 0.29) is 12.8 Å². The molecule has 0 saturated heterocycles. The Hall–Kier alpha value is -3.25. The van der Waals surface area contributed by atoms with Crippen LogP contribution in [0.1, 0.15) is 30.7 Å². The topological polar surface area (TPSA) is 205 Å². The van der Waals surface area contributed by atoms with E-state index in [0.717, 1.165) is 6.42 Å². The fourth-order valence-corrected chi connectivity index (χ4v) is 2.83. The minimum absolute atomic E-state index is 0.0183. The molecule has 2 aromatic heterocycles. The molecule has 12 nitrogen and oxygen atoms in total. The number of aromatic nitrogens is 4. The van der Waals surface area contributed by atoms with Gasteiger partial charge in [0.25, 0.3) is 0 Å². The Bertz CT molecular complexity index is 793. The Kier molecular flexibility index (Phi) is 8.97. The van der Waals surface area contributed by atoms with E-state index in [9.17, 15) is 19.5 Å². The smallest absolute Gasteiger partial charge is 0.326 e. The quantitative estimate of drug-likeness (QED) is 0.188. The van der Waals surface area contributed by atoms with Crippen molar-refractivity contribution in [2.24, 2.45) is 11.5 Å². The molecule has 0 aliphatic carbocycles. The van der Waals surface area contributed by atoms with Crippen LogP contribution in [0.3, 0.4) is 0 Å². The normalized spacial score (nSPS) is 13.9. The van der Waals surface area contributed by atoms with E-state index in [1.165, 1.54) is 25.0 Å². The first-order valence-corrected chi connectivity index (χ1v) is 9.64. The number of carbonyl (C=O) groups is 3. The highest BCUT2D eigenvalue weighted by atomic mass is 16.4. The van der Waals surface area contributed by atoms with Gasteiger partial charge in [-0.15, -0.1) is 0 Å². The summed E-state index contributed by atoms with van der Waals surface area (Å²) in [6, 6.07) is -3.02. The molecule has 2 heterocycles. The van der Waals surface area contributed by atoms with Crippen molar-refractivity contribution in [2.45, 2.75) is 50.2 Å². The van der Waals surface area contributed by atoms with Crippen molar-refractivity contribution in [1.29, 1.82) is 0 Å². The molecule has 0 radical (unpaired) electrons. The predicted molar refractivity (Wildman–Crippen MR) is 107 cm³/mol. The molecule has 164 valence electrons. The largest absolute Gasteiger partial charge is 0.480 e. The van der Waals surface area contributed by atoms with E-state index in [0.29, 0.717) is 30.8 Å². The molecule has 0 spiro atoms. The number of nitrogens with one attached hydrogen (secondary N) is 4. The van der Waals surface area contributed by atoms with E-state index in [1.54, 1.807) is 0 Å². The highest BCUT2D eigenvalue weighted by Crippen LogP contribution is 2.05. The van der Waals surface area contributed by atoms with Crippen LogP contribution in [0.4, 0.5) is 0 Å². The Labute approximate surface area is 173 Å². The van der Waals surface area contributed by atoms with Crippen molar-refractivity contribution >= 4 is 17.8 Å². The molecule has 2 aromatic rings. The van der Waals surface area contributed by atoms with Crippen LogP contribution in [0, 0.1) is 0 Å². The van der Waals surface area contributed by atoms with Gasteiger partial charge in [-0.25, -0.2) is 14.8 Å². The summed E-state index contributed by atoms with van der Waals surface area (Å²) < 4.78 is 0. The lowest BCUT2D eigenvalue weighted by Gasteiger charge is -2.22. The maximum absolute atomic E-state index is 12.8. The van der Waals surface area contributed by atoms with Gasteiger partial charge in [0.05, 0.1) is 18.7 Å². The molecule has 3 atom stereocenters. The maximum atomic E-state index is 12.8. The number of H-pyrrole nitrogens is 2. The van der Waals surface area contributed by atoms with Crippen LogP contribution < -0.4 is 22.1 Å². The first-order valence-electron chi connectivity index (χ1n) is 9.64. The number of unbranched alkanes of at least 4 members (excludes halogenated alkanes) is 1. The summed E-state index contributed by atoms with van der Waals surface area (Å²) in [5, 5.41) is 14.6. The molecular weight excluding hydrogens is 392 g/mol. The Balaban J connectivity index is 2.05. The van der Waals surface area contributed by atoms with Crippen LogP contribution in [-0.4, -0.2) is 67.5 Å². The van der Waals surface area contributed by atoms with Crippen LogP contribution in [0.15, 0.2) is 25.0 Å².